The van der Waals surface area contributed by atoms with Gasteiger partial charge in [-0.3, -0.25) is 9.59 Å². The molecular formula is C25H29ClN2O5. The first-order valence-corrected chi connectivity index (χ1v) is 11.8. The standard InChI is InChI=1S/C25H29ClN2O5/c1-2-31-25(30)18-6-3-16(4-7-18)13-27-21-9-8-19(26)12-20(21)24(29)28-14-17-5-10-22-23(11-17)33-15-32-22/h5,8-12,16,18,27H,2-4,6-7,13-15H2,1H3,(H,28,29). The number of carbonyl (C=O) groups is 2. The fourth-order valence-electron chi connectivity index (χ4n) is 4.30. The Bertz CT molecular complexity index is 1000. The average Bonchev–Trinajstić information content (AvgIpc) is 3.30. The predicted octanol–water partition coefficient (Wildman–Crippen LogP) is 4.78. The lowest BCUT2D eigenvalue weighted by Gasteiger charge is -2.27. The van der Waals surface area contributed by atoms with Crippen LogP contribution in [0.1, 0.15) is 48.5 Å². The molecule has 2 aromatic rings. The number of halogens is 1. The molecule has 0 unspecified atom stereocenters. The quantitative estimate of drug-likeness (QED) is 0.538. The van der Waals surface area contributed by atoms with Crippen LogP contribution in [-0.4, -0.2) is 31.8 Å². The lowest BCUT2D eigenvalue weighted by atomic mass is 9.82. The Hall–Kier alpha value is -2.93. The Kier molecular flexibility index (Phi) is 7.60. The van der Waals surface area contributed by atoms with Crippen molar-refractivity contribution in [1.29, 1.82) is 0 Å². The van der Waals surface area contributed by atoms with Crippen LogP contribution in [0.15, 0.2) is 36.4 Å². The van der Waals surface area contributed by atoms with Gasteiger partial charge < -0.3 is 24.8 Å². The highest BCUT2D eigenvalue weighted by molar-refractivity contribution is 6.31. The van der Waals surface area contributed by atoms with Crippen LogP contribution < -0.4 is 20.1 Å². The molecule has 1 fully saturated rings. The molecule has 0 radical (unpaired) electrons. The van der Waals surface area contributed by atoms with Gasteiger partial charge in [-0.1, -0.05) is 17.7 Å². The van der Waals surface area contributed by atoms with E-state index in [0.717, 1.165) is 43.5 Å². The van der Waals surface area contributed by atoms with E-state index in [1.165, 1.54) is 0 Å². The molecular weight excluding hydrogens is 444 g/mol. The van der Waals surface area contributed by atoms with Gasteiger partial charge in [0.05, 0.1) is 18.1 Å². The van der Waals surface area contributed by atoms with E-state index in [-0.39, 0.29) is 24.6 Å². The molecule has 2 aliphatic rings. The molecule has 4 rings (SSSR count). The van der Waals surface area contributed by atoms with E-state index in [4.69, 9.17) is 25.8 Å². The van der Waals surface area contributed by atoms with Crippen LogP contribution >= 0.6 is 11.6 Å². The lowest BCUT2D eigenvalue weighted by Crippen LogP contribution is -2.28. The maximum Gasteiger partial charge on any atom is 0.308 e. The smallest absolute Gasteiger partial charge is 0.308 e. The highest BCUT2D eigenvalue weighted by Gasteiger charge is 2.27. The minimum atomic E-state index is -0.205. The Balaban J connectivity index is 1.32. The number of nitrogens with one attached hydrogen (secondary N) is 2. The van der Waals surface area contributed by atoms with Crippen molar-refractivity contribution in [3.8, 4) is 11.5 Å². The van der Waals surface area contributed by atoms with E-state index in [1.54, 1.807) is 12.1 Å². The summed E-state index contributed by atoms with van der Waals surface area (Å²) < 4.78 is 15.9. The van der Waals surface area contributed by atoms with E-state index in [9.17, 15) is 9.59 Å². The van der Waals surface area contributed by atoms with Crippen LogP contribution in [0, 0.1) is 11.8 Å². The van der Waals surface area contributed by atoms with E-state index in [0.29, 0.717) is 41.2 Å². The molecule has 176 valence electrons. The van der Waals surface area contributed by atoms with Gasteiger partial charge in [-0.25, -0.2) is 0 Å². The van der Waals surface area contributed by atoms with Gasteiger partial charge in [-0.15, -0.1) is 0 Å². The normalized spacial score (nSPS) is 19.1. The second-order valence-electron chi connectivity index (χ2n) is 8.41. The summed E-state index contributed by atoms with van der Waals surface area (Å²) in [6.45, 7) is 3.57. The van der Waals surface area contributed by atoms with Crippen molar-refractivity contribution >= 4 is 29.2 Å². The fraction of sp³-hybridized carbons (Fsp3) is 0.440. The zero-order valence-electron chi connectivity index (χ0n) is 18.7. The van der Waals surface area contributed by atoms with Crippen molar-refractivity contribution in [3.05, 3.63) is 52.5 Å². The van der Waals surface area contributed by atoms with E-state index in [1.807, 2.05) is 31.2 Å². The first kappa shape index (κ1) is 23.2. The molecule has 33 heavy (non-hydrogen) atoms. The van der Waals surface area contributed by atoms with Gasteiger partial charge in [0.15, 0.2) is 11.5 Å². The predicted molar refractivity (Wildman–Crippen MR) is 126 cm³/mol. The van der Waals surface area contributed by atoms with Gasteiger partial charge in [-0.05, 0) is 74.4 Å². The lowest BCUT2D eigenvalue weighted by molar-refractivity contribution is -0.149. The third-order valence-electron chi connectivity index (χ3n) is 6.16. The highest BCUT2D eigenvalue weighted by Crippen LogP contribution is 2.33. The molecule has 1 amide bonds. The van der Waals surface area contributed by atoms with Crippen LogP contribution in [0.25, 0.3) is 0 Å². The molecule has 8 heteroatoms. The molecule has 1 aliphatic heterocycles. The van der Waals surface area contributed by atoms with Crippen molar-refractivity contribution in [2.75, 3.05) is 25.3 Å². The summed E-state index contributed by atoms with van der Waals surface area (Å²) in [7, 11) is 0. The molecule has 0 atom stereocenters. The minimum absolute atomic E-state index is 0.00856. The van der Waals surface area contributed by atoms with Crippen LogP contribution in [-0.2, 0) is 16.1 Å². The Morgan fingerprint density at radius 2 is 1.85 bits per heavy atom. The van der Waals surface area contributed by atoms with Gasteiger partial charge in [-0.2, -0.15) is 0 Å². The maximum absolute atomic E-state index is 12.9. The summed E-state index contributed by atoms with van der Waals surface area (Å²) in [5, 5.41) is 6.88. The van der Waals surface area contributed by atoms with Gasteiger partial charge in [0.1, 0.15) is 0 Å². The summed E-state index contributed by atoms with van der Waals surface area (Å²) in [5.74, 6) is 1.56. The number of anilines is 1. The van der Waals surface area contributed by atoms with Gasteiger partial charge in [0.2, 0.25) is 6.79 Å². The van der Waals surface area contributed by atoms with Crippen molar-refractivity contribution in [2.24, 2.45) is 11.8 Å². The van der Waals surface area contributed by atoms with Gasteiger partial charge in [0, 0.05) is 23.8 Å². The monoisotopic (exact) mass is 472 g/mol. The second kappa shape index (κ2) is 10.8. The first-order chi connectivity index (χ1) is 16.0. The number of rotatable bonds is 8. The highest BCUT2D eigenvalue weighted by atomic mass is 35.5. The second-order valence-corrected chi connectivity index (χ2v) is 8.85. The van der Waals surface area contributed by atoms with Crippen LogP contribution in [0.3, 0.4) is 0 Å². The van der Waals surface area contributed by atoms with Gasteiger partial charge >= 0.3 is 5.97 Å². The summed E-state index contributed by atoms with van der Waals surface area (Å²) in [6.07, 6.45) is 3.59. The number of carbonyl (C=O) groups excluding carboxylic acids is 2. The van der Waals surface area contributed by atoms with E-state index < -0.39 is 0 Å². The number of benzene rings is 2. The zero-order valence-corrected chi connectivity index (χ0v) is 19.5. The molecule has 1 aliphatic carbocycles. The van der Waals surface area contributed by atoms with Crippen molar-refractivity contribution in [2.45, 2.75) is 39.2 Å². The Morgan fingerprint density at radius 3 is 2.64 bits per heavy atom. The summed E-state index contributed by atoms with van der Waals surface area (Å²) in [5.41, 5.74) is 2.17. The van der Waals surface area contributed by atoms with Gasteiger partial charge in [0.25, 0.3) is 5.91 Å². The summed E-state index contributed by atoms with van der Waals surface area (Å²) in [6, 6.07) is 10.9. The molecule has 0 bridgehead atoms. The summed E-state index contributed by atoms with van der Waals surface area (Å²) >= 11 is 6.18. The third-order valence-corrected chi connectivity index (χ3v) is 6.40. The number of fused-ring (bicyclic) bond motifs is 1. The maximum atomic E-state index is 12.9. The molecule has 7 nitrogen and oxygen atoms in total. The number of esters is 1. The SMILES string of the molecule is CCOC(=O)C1CCC(CNc2ccc(Cl)cc2C(=O)NCc2ccc3c(c2)OCO3)CC1. The summed E-state index contributed by atoms with van der Waals surface area (Å²) in [4.78, 5) is 24.9. The molecule has 0 aromatic heterocycles. The first-order valence-electron chi connectivity index (χ1n) is 11.4. The number of amides is 1. The molecule has 0 spiro atoms. The Morgan fingerprint density at radius 1 is 1.06 bits per heavy atom. The van der Waals surface area contributed by atoms with Crippen molar-refractivity contribution in [1.82, 2.24) is 5.32 Å². The van der Waals surface area contributed by atoms with Crippen LogP contribution in [0.5, 0.6) is 11.5 Å². The van der Waals surface area contributed by atoms with E-state index in [2.05, 4.69) is 10.6 Å². The molecule has 2 aromatic carbocycles. The third kappa shape index (κ3) is 5.90. The largest absolute Gasteiger partial charge is 0.466 e. The number of hydrogen-bond donors (Lipinski definition) is 2. The Labute approximate surface area is 198 Å². The number of ether oxygens (including phenoxy) is 3. The van der Waals surface area contributed by atoms with E-state index >= 15 is 0 Å². The topological polar surface area (TPSA) is 85.9 Å². The molecule has 1 saturated carbocycles. The molecule has 1 heterocycles. The van der Waals surface area contributed by atoms with Crippen molar-refractivity contribution in [3.63, 3.8) is 0 Å². The van der Waals surface area contributed by atoms with Crippen molar-refractivity contribution < 1.29 is 23.8 Å². The fourth-order valence-corrected chi connectivity index (χ4v) is 4.48. The molecule has 2 N–H and O–H groups in total. The average molecular weight is 473 g/mol. The number of hydrogen-bond acceptors (Lipinski definition) is 6. The zero-order chi connectivity index (χ0) is 23.2. The minimum Gasteiger partial charge on any atom is -0.466 e. The molecule has 0 saturated heterocycles. The van der Waals surface area contributed by atoms with Crippen LogP contribution in [0.2, 0.25) is 5.02 Å². The van der Waals surface area contributed by atoms with Crippen LogP contribution in [0.4, 0.5) is 5.69 Å².